The molecule has 2 heterocycles. The van der Waals surface area contributed by atoms with Gasteiger partial charge in [-0.2, -0.15) is 0 Å². The number of furan rings is 1. The lowest BCUT2D eigenvalue weighted by molar-refractivity contribution is 0.0714. The third-order valence-corrected chi connectivity index (χ3v) is 5.00. The molecule has 3 rings (SSSR count). The Hall–Kier alpha value is -2.14. The maximum absolute atomic E-state index is 12.8. The maximum atomic E-state index is 12.8. The number of amides is 1. The van der Waals surface area contributed by atoms with Crippen LogP contribution in [-0.4, -0.2) is 22.8 Å². The molecule has 0 bridgehead atoms. The monoisotopic (exact) mass is 314 g/mol. The van der Waals surface area contributed by atoms with Crippen LogP contribution in [0.4, 0.5) is 0 Å². The van der Waals surface area contributed by atoms with E-state index in [2.05, 4.69) is 4.98 Å². The smallest absolute Gasteiger partial charge is 0.290 e. The summed E-state index contributed by atoms with van der Waals surface area (Å²) in [4.78, 5) is 19.6. The largest absolute Gasteiger partial charge is 0.451 e. The fourth-order valence-electron chi connectivity index (χ4n) is 2.50. The zero-order valence-corrected chi connectivity index (χ0v) is 13.9. The molecular formula is C17H18N2O2S. The van der Waals surface area contributed by atoms with Crippen LogP contribution in [0.1, 0.15) is 39.5 Å². The number of thiazole rings is 1. The highest BCUT2D eigenvalue weighted by Crippen LogP contribution is 2.29. The van der Waals surface area contributed by atoms with Crippen LogP contribution < -0.4 is 0 Å². The number of hydrogen-bond acceptors (Lipinski definition) is 4. The average molecular weight is 314 g/mol. The number of hydrogen-bond donors (Lipinski definition) is 0. The van der Waals surface area contributed by atoms with Gasteiger partial charge in [0.2, 0.25) is 0 Å². The van der Waals surface area contributed by atoms with Gasteiger partial charge in [0.25, 0.3) is 5.91 Å². The van der Waals surface area contributed by atoms with Gasteiger partial charge < -0.3 is 9.32 Å². The van der Waals surface area contributed by atoms with E-state index in [-0.39, 0.29) is 11.9 Å². The van der Waals surface area contributed by atoms with Crippen molar-refractivity contribution >= 4 is 28.2 Å². The standard InChI is InChI=1S/C17H18N2O2S/c1-10-5-6-13-11(2)16(21-14(13)7-10)17(20)19(4)12(3)15-8-18-9-22-15/h5-9,12H,1-4H3. The molecule has 0 aliphatic rings. The van der Waals surface area contributed by atoms with Crippen LogP contribution in [-0.2, 0) is 0 Å². The second kappa shape index (κ2) is 5.57. The van der Waals surface area contributed by atoms with E-state index in [1.165, 1.54) is 0 Å². The molecule has 0 N–H and O–H groups in total. The molecule has 4 nitrogen and oxygen atoms in total. The molecule has 3 aromatic rings. The fraction of sp³-hybridized carbons (Fsp3) is 0.294. The van der Waals surface area contributed by atoms with Gasteiger partial charge in [-0.3, -0.25) is 9.78 Å². The third kappa shape index (κ3) is 2.41. The van der Waals surface area contributed by atoms with E-state index in [0.29, 0.717) is 5.76 Å². The average Bonchev–Trinajstić information content (AvgIpc) is 3.13. The molecule has 0 saturated heterocycles. The number of fused-ring (bicyclic) bond motifs is 1. The van der Waals surface area contributed by atoms with Crippen molar-refractivity contribution in [3.05, 3.63) is 51.7 Å². The molecule has 0 spiro atoms. The van der Waals surface area contributed by atoms with Crippen LogP contribution in [0.25, 0.3) is 11.0 Å². The predicted octanol–water partition coefficient (Wildman–Crippen LogP) is 4.34. The minimum atomic E-state index is -0.104. The quantitative estimate of drug-likeness (QED) is 0.722. The number of rotatable bonds is 3. The summed E-state index contributed by atoms with van der Waals surface area (Å²) in [5.41, 5.74) is 4.55. The van der Waals surface area contributed by atoms with E-state index in [1.54, 1.807) is 35.0 Å². The first-order chi connectivity index (χ1) is 10.5. The second-order valence-electron chi connectivity index (χ2n) is 5.55. The van der Waals surface area contributed by atoms with Crippen LogP contribution in [0.15, 0.2) is 34.3 Å². The van der Waals surface area contributed by atoms with E-state index in [4.69, 9.17) is 4.42 Å². The lowest BCUT2D eigenvalue weighted by atomic mass is 10.1. The molecule has 5 heteroatoms. The van der Waals surface area contributed by atoms with E-state index >= 15 is 0 Å². The highest BCUT2D eigenvalue weighted by Gasteiger charge is 2.25. The molecule has 1 unspecified atom stereocenters. The number of carbonyl (C=O) groups excluding carboxylic acids is 1. The van der Waals surface area contributed by atoms with E-state index < -0.39 is 0 Å². The van der Waals surface area contributed by atoms with Gasteiger partial charge in [0.15, 0.2) is 5.76 Å². The number of aromatic nitrogens is 1. The normalized spacial score (nSPS) is 12.5. The number of aryl methyl sites for hydroxylation is 2. The lowest BCUT2D eigenvalue weighted by Gasteiger charge is -2.22. The molecule has 1 amide bonds. The minimum Gasteiger partial charge on any atom is -0.451 e. The molecule has 22 heavy (non-hydrogen) atoms. The van der Waals surface area contributed by atoms with Gasteiger partial charge in [0.1, 0.15) is 5.58 Å². The van der Waals surface area contributed by atoms with Gasteiger partial charge >= 0.3 is 0 Å². The Morgan fingerprint density at radius 3 is 2.82 bits per heavy atom. The summed E-state index contributed by atoms with van der Waals surface area (Å²) in [5, 5.41) is 0.993. The molecule has 114 valence electrons. The summed E-state index contributed by atoms with van der Waals surface area (Å²) in [6.45, 7) is 5.93. The number of benzene rings is 1. The fourth-order valence-corrected chi connectivity index (χ4v) is 3.22. The molecule has 0 fully saturated rings. The summed E-state index contributed by atoms with van der Waals surface area (Å²) in [6.07, 6.45) is 1.80. The maximum Gasteiger partial charge on any atom is 0.290 e. The van der Waals surface area contributed by atoms with Gasteiger partial charge in [0.05, 0.1) is 11.6 Å². The van der Waals surface area contributed by atoms with Crippen molar-refractivity contribution in [1.82, 2.24) is 9.88 Å². The van der Waals surface area contributed by atoms with Crippen molar-refractivity contribution in [3.8, 4) is 0 Å². The molecule has 1 aromatic carbocycles. The summed E-state index contributed by atoms with van der Waals surface area (Å²) in [7, 11) is 1.80. The first-order valence-corrected chi connectivity index (χ1v) is 8.02. The predicted molar refractivity (Wildman–Crippen MR) is 88.3 cm³/mol. The topological polar surface area (TPSA) is 46.3 Å². The Labute approximate surface area is 133 Å². The second-order valence-corrected chi connectivity index (χ2v) is 6.47. The molecule has 0 aliphatic heterocycles. The minimum absolute atomic E-state index is 0.0330. The van der Waals surface area contributed by atoms with Crippen LogP contribution in [0, 0.1) is 13.8 Å². The van der Waals surface area contributed by atoms with Crippen molar-refractivity contribution in [2.45, 2.75) is 26.8 Å². The van der Waals surface area contributed by atoms with Crippen LogP contribution in [0.3, 0.4) is 0 Å². The first kappa shape index (κ1) is 14.8. The highest BCUT2D eigenvalue weighted by molar-refractivity contribution is 7.09. The van der Waals surface area contributed by atoms with E-state index in [9.17, 15) is 4.79 Å². The number of nitrogens with zero attached hydrogens (tertiary/aromatic N) is 2. The van der Waals surface area contributed by atoms with Crippen LogP contribution >= 0.6 is 11.3 Å². The molecule has 1 atom stereocenters. The summed E-state index contributed by atoms with van der Waals surface area (Å²) in [5.74, 6) is 0.312. The Morgan fingerprint density at radius 1 is 1.36 bits per heavy atom. The third-order valence-electron chi connectivity index (χ3n) is 4.05. The van der Waals surface area contributed by atoms with Gasteiger partial charge in [-0.25, -0.2) is 0 Å². The van der Waals surface area contributed by atoms with Crippen LogP contribution in [0.5, 0.6) is 0 Å². The van der Waals surface area contributed by atoms with Crippen molar-refractivity contribution in [2.75, 3.05) is 7.05 Å². The van der Waals surface area contributed by atoms with Crippen molar-refractivity contribution < 1.29 is 9.21 Å². The SMILES string of the molecule is Cc1ccc2c(C)c(C(=O)N(C)C(C)c3cncs3)oc2c1. The molecule has 2 aromatic heterocycles. The van der Waals surface area contributed by atoms with Gasteiger partial charge in [-0.15, -0.1) is 11.3 Å². The Kier molecular flexibility index (Phi) is 3.74. The molecule has 0 radical (unpaired) electrons. The van der Waals surface area contributed by atoms with Crippen LogP contribution in [0.2, 0.25) is 0 Å². The Morgan fingerprint density at radius 2 is 2.14 bits per heavy atom. The Balaban J connectivity index is 1.96. The lowest BCUT2D eigenvalue weighted by Crippen LogP contribution is -2.29. The Bertz CT molecular complexity index is 821. The summed E-state index contributed by atoms with van der Waals surface area (Å²) in [6, 6.07) is 5.97. The summed E-state index contributed by atoms with van der Waals surface area (Å²) >= 11 is 1.55. The highest BCUT2D eigenvalue weighted by atomic mass is 32.1. The van der Waals surface area contributed by atoms with Crippen molar-refractivity contribution in [1.29, 1.82) is 0 Å². The van der Waals surface area contributed by atoms with Gasteiger partial charge in [0, 0.05) is 29.1 Å². The van der Waals surface area contributed by atoms with Gasteiger partial charge in [-0.05, 0) is 32.4 Å². The van der Waals surface area contributed by atoms with E-state index in [1.807, 2.05) is 39.0 Å². The molecule has 0 aliphatic carbocycles. The molecule has 0 saturated carbocycles. The summed E-state index contributed by atoms with van der Waals surface area (Å²) < 4.78 is 5.83. The van der Waals surface area contributed by atoms with Gasteiger partial charge in [-0.1, -0.05) is 12.1 Å². The van der Waals surface area contributed by atoms with Crippen molar-refractivity contribution in [3.63, 3.8) is 0 Å². The van der Waals surface area contributed by atoms with Crippen molar-refractivity contribution in [2.24, 2.45) is 0 Å². The number of carbonyl (C=O) groups is 1. The zero-order valence-electron chi connectivity index (χ0n) is 13.1. The molecular weight excluding hydrogens is 296 g/mol. The zero-order chi connectivity index (χ0) is 15.9. The first-order valence-electron chi connectivity index (χ1n) is 7.14. The van der Waals surface area contributed by atoms with E-state index in [0.717, 1.165) is 27.0 Å².